The molecule has 6 heteroatoms. The van der Waals surface area contributed by atoms with Crippen LogP contribution < -0.4 is 11.2 Å². The van der Waals surface area contributed by atoms with E-state index in [1.54, 1.807) is 6.07 Å². The van der Waals surface area contributed by atoms with E-state index in [1.807, 2.05) is 0 Å². The zero-order valence-corrected chi connectivity index (χ0v) is 7.12. The minimum absolute atomic E-state index is 0.120. The van der Waals surface area contributed by atoms with Gasteiger partial charge in [0.1, 0.15) is 10.4 Å². The Morgan fingerprint density at radius 3 is 2.55 bits per heavy atom. The topological polar surface area (TPSA) is 79.4 Å². The number of nitrogens with zero attached hydrogens (tertiary/aromatic N) is 1. The molecule has 0 aliphatic heterocycles. The highest BCUT2D eigenvalue weighted by molar-refractivity contribution is 9.10. The predicted molar refractivity (Wildman–Crippen MR) is 46.2 cm³/mol. The van der Waals surface area contributed by atoms with Crippen LogP contribution in [0.3, 0.4) is 0 Å². The summed E-state index contributed by atoms with van der Waals surface area (Å²) in [7, 11) is -1.56. The summed E-state index contributed by atoms with van der Waals surface area (Å²) in [5.41, 5.74) is 5.58. The molecule has 0 aromatic carbocycles. The number of pyridine rings is 1. The van der Waals surface area contributed by atoms with Crippen LogP contribution >= 0.6 is 15.9 Å². The van der Waals surface area contributed by atoms with Crippen molar-refractivity contribution in [3.05, 3.63) is 16.7 Å². The van der Waals surface area contributed by atoms with Gasteiger partial charge < -0.3 is 15.8 Å². The van der Waals surface area contributed by atoms with Gasteiger partial charge >= 0.3 is 7.12 Å². The number of anilines is 1. The van der Waals surface area contributed by atoms with Crippen LogP contribution in [0.1, 0.15) is 0 Å². The van der Waals surface area contributed by atoms with E-state index in [0.717, 1.165) is 0 Å². The molecule has 0 radical (unpaired) electrons. The number of halogens is 1. The summed E-state index contributed by atoms with van der Waals surface area (Å²) in [4.78, 5) is 3.77. The van der Waals surface area contributed by atoms with Crippen LogP contribution in [0.4, 0.5) is 5.82 Å². The summed E-state index contributed by atoms with van der Waals surface area (Å²) in [6.07, 6.45) is 0. The maximum Gasteiger partial charge on any atom is 0.492 e. The minimum Gasteiger partial charge on any atom is -0.423 e. The van der Waals surface area contributed by atoms with Crippen LogP contribution in [-0.2, 0) is 0 Å². The zero-order valence-electron chi connectivity index (χ0n) is 5.53. The van der Waals surface area contributed by atoms with Crippen molar-refractivity contribution < 1.29 is 10.0 Å². The molecule has 0 fully saturated rings. The first-order valence-electron chi connectivity index (χ1n) is 2.89. The Hall–Kier alpha value is -0.585. The van der Waals surface area contributed by atoms with Gasteiger partial charge in [0.25, 0.3) is 0 Å². The molecule has 1 rings (SSSR count). The van der Waals surface area contributed by atoms with Crippen LogP contribution in [0.2, 0.25) is 0 Å². The molecule has 0 bridgehead atoms. The lowest BCUT2D eigenvalue weighted by atomic mass is 9.81. The standard InChI is InChI=1S/C5H6BBrN2O2/c7-4-2-1-3(6(10)11)5(8)9-4/h1-2,10-11H,(H2,8,9). The molecule has 0 atom stereocenters. The van der Waals surface area contributed by atoms with Gasteiger partial charge in [0.2, 0.25) is 0 Å². The number of aromatic nitrogens is 1. The fourth-order valence-corrected chi connectivity index (χ4v) is 1.00. The van der Waals surface area contributed by atoms with Gasteiger partial charge in [0.05, 0.1) is 0 Å². The van der Waals surface area contributed by atoms with E-state index in [1.165, 1.54) is 6.07 Å². The highest BCUT2D eigenvalue weighted by Crippen LogP contribution is 2.05. The monoisotopic (exact) mass is 216 g/mol. The number of nitrogens with two attached hydrogens (primary N) is 1. The van der Waals surface area contributed by atoms with E-state index in [0.29, 0.717) is 4.60 Å². The molecule has 0 unspecified atom stereocenters. The van der Waals surface area contributed by atoms with Gasteiger partial charge in [-0.2, -0.15) is 0 Å². The SMILES string of the molecule is Nc1nc(Br)ccc1B(O)O. The Kier molecular flexibility index (Phi) is 2.48. The van der Waals surface area contributed by atoms with Crippen LogP contribution in [-0.4, -0.2) is 22.2 Å². The second kappa shape index (κ2) is 3.21. The molecule has 0 aliphatic carbocycles. The first kappa shape index (κ1) is 8.51. The number of rotatable bonds is 1. The van der Waals surface area contributed by atoms with Gasteiger partial charge in [0, 0.05) is 5.46 Å². The van der Waals surface area contributed by atoms with E-state index in [-0.39, 0.29) is 11.3 Å². The van der Waals surface area contributed by atoms with E-state index >= 15 is 0 Å². The quantitative estimate of drug-likeness (QED) is 0.420. The molecule has 4 N–H and O–H groups in total. The zero-order chi connectivity index (χ0) is 8.43. The third-order valence-electron chi connectivity index (χ3n) is 1.20. The normalized spacial score (nSPS) is 9.73. The van der Waals surface area contributed by atoms with Gasteiger partial charge in [-0.15, -0.1) is 0 Å². The first-order valence-corrected chi connectivity index (χ1v) is 3.68. The van der Waals surface area contributed by atoms with Crippen LogP contribution in [0.15, 0.2) is 16.7 Å². The lowest BCUT2D eigenvalue weighted by Crippen LogP contribution is -2.32. The second-order valence-corrected chi connectivity index (χ2v) is 2.79. The molecule has 58 valence electrons. The Bertz CT molecular complexity index is 269. The molecule has 0 saturated carbocycles. The van der Waals surface area contributed by atoms with Gasteiger partial charge in [0.15, 0.2) is 0 Å². The van der Waals surface area contributed by atoms with Gasteiger partial charge in [-0.05, 0) is 22.0 Å². The van der Waals surface area contributed by atoms with Crippen LogP contribution in [0.5, 0.6) is 0 Å². The van der Waals surface area contributed by atoms with Crippen molar-refractivity contribution in [1.29, 1.82) is 0 Å². The lowest BCUT2D eigenvalue weighted by Gasteiger charge is -2.02. The average molecular weight is 217 g/mol. The summed E-state index contributed by atoms with van der Waals surface area (Å²) >= 11 is 3.09. The highest BCUT2D eigenvalue weighted by atomic mass is 79.9. The third kappa shape index (κ3) is 1.92. The molecule has 0 aliphatic rings. The van der Waals surface area contributed by atoms with Crippen LogP contribution in [0.25, 0.3) is 0 Å². The first-order chi connectivity index (χ1) is 5.11. The summed E-state index contributed by atoms with van der Waals surface area (Å²) in [6.45, 7) is 0. The molecule has 4 nitrogen and oxygen atoms in total. The largest absolute Gasteiger partial charge is 0.492 e. The molecule has 0 spiro atoms. The van der Waals surface area contributed by atoms with Crippen molar-refractivity contribution in [3.63, 3.8) is 0 Å². The van der Waals surface area contributed by atoms with Crippen molar-refractivity contribution >= 4 is 34.3 Å². The molecule has 11 heavy (non-hydrogen) atoms. The number of nitrogen functional groups attached to an aromatic ring is 1. The van der Waals surface area contributed by atoms with Crippen molar-refractivity contribution in [2.45, 2.75) is 0 Å². The van der Waals surface area contributed by atoms with E-state index in [9.17, 15) is 0 Å². The third-order valence-corrected chi connectivity index (χ3v) is 1.64. The maximum absolute atomic E-state index is 8.72. The summed E-state index contributed by atoms with van der Waals surface area (Å²) < 4.78 is 0.569. The van der Waals surface area contributed by atoms with E-state index in [2.05, 4.69) is 20.9 Å². The van der Waals surface area contributed by atoms with E-state index in [4.69, 9.17) is 15.8 Å². The Morgan fingerprint density at radius 2 is 2.09 bits per heavy atom. The summed E-state index contributed by atoms with van der Waals surface area (Å²) in [5, 5.41) is 17.4. The smallest absolute Gasteiger partial charge is 0.423 e. The fourth-order valence-electron chi connectivity index (χ4n) is 0.679. The Labute approximate surface area is 72.3 Å². The molecular weight excluding hydrogens is 211 g/mol. The lowest BCUT2D eigenvalue weighted by molar-refractivity contribution is 0.426. The molecule has 0 saturated heterocycles. The Balaban J connectivity index is 3.09. The van der Waals surface area contributed by atoms with Crippen molar-refractivity contribution in [2.75, 3.05) is 5.73 Å². The van der Waals surface area contributed by atoms with Crippen LogP contribution in [0, 0.1) is 0 Å². The molecule has 1 aromatic rings. The number of hydrogen-bond donors (Lipinski definition) is 3. The van der Waals surface area contributed by atoms with Crippen molar-refractivity contribution in [3.8, 4) is 0 Å². The van der Waals surface area contributed by atoms with E-state index < -0.39 is 7.12 Å². The average Bonchev–Trinajstić information content (AvgIpc) is 1.85. The molecule has 0 amide bonds. The Morgan fingerprint density at radius 1 is 1.45 bits per heavy atom. The van der Waals surface area contributed by atoms with Gasteiger partial charge in [-0.1, -0.05) is 6.07 Å². The predicted octanol–water partition coefficient (Wildman–Crippen LogP) is -0.894. The van der Waals surface area contributed by atoms with Crippen molar-refractivity contribution in [1.82, 2.24) is 4.98 Å². The molecular formula is C5H6BBrN2O2. The number of hydrogen-bond acceptors (Lipinski definition) is 4. The molecule has 1 heterocycles. The summed E-state index contributed by atoms with van der Waals surface area (Å²) in [6, 6.07) is 3.09. The van der Waals surface area contributed by atoms with Crippen molar-refractivity contribution in [2.24, 2.45) is 0 Å². The minimum atomic E-state index is -1.56. The summed E-state index contributed by atoms with van der Waals surface area (Å²) in [5.74, 6) is 0.120. The maximum atomic E-state index is 8.72. The van der Waals surface area contributed by atoms with Gasteiger partial charge in [-0.3, -0.25) is 0 Å². The highest BCUT2D eigenvalue weighted by Gasteiger charge is 2.14. The molecule has 1 aromatic heterocycles. The fraction of sp³-hybridized carbons (Fsp3) is 0. The second-order valence-electron chi connectivity index (χ2n) is 1.98. The van der Waals surface area contributed by atoms with Gasteiger partial charge in [-0.25, -0.2) is 4.98 Å².